The quantitative estimate of drug-likeness (QED) is 0.879. The van der Waals surface area contributed by atoms with Gasteiger partial charge in [-0.2, -0.15) is 0 Å². The number of hydrogen-bond acceptors (Lipinski definition) is 4. The number of H-pyrrole nitrogens is 1. The van der Waals surface area contributed by atoms with Crippen LogP contribution in [0.25, 0.3) is 5.65 Å². The number of ether oxygens (including phenoxy) is 1. The van der Waals surface area contributed by atoms with Gasteiger partial charge in [0.25, 0.3) is 5.56 Å². The fourth-order valence-electron chi connectivity index (χ4n) is 4.15. The monoisotopic (exact) mass is 315 g/mol. The summed E-state index contributed by atoms with van der Waals surface area (Å²) >= 11 is 0. The molecule has 0 bridgehead atoms. The summed E-state index contributed by atoms with van der Waals surface area (Å²) in [4.78, 5) is 28.5. The molecule has 0 aliphatic heterocycles. The van der Waals surface area contributed by atoms with Gasteiger partial charge in [0.15, 0.2) is 5.65 Å². The smallest absolute Gasteiger partial charge is 0.356 e. The molecular formula is C17H21N3O3. The van der Waals surface area contributed by atoms with Crippen LogP contribution in [0.3, 0.4) is 0 Å². The normalized spacial score (nSPS) is 19.5. The fraction of sp³-hybridized carbons (Fsp3) is 0.588. The first-order valence-corrected chi connectivity index (χ1v) is 8.37. The Morgan fingerprint density at radius 2 is 2.22 bits per heavy atom. The molecule has 2 aliphatic carbocycles. The van der Waals surface area contributed by atoms with Gasteiger partial charge in [0.2, 0.25) is 0 Å². The van der Waals surface area contributed by atoms with E-state index in [1.54, 1.807) is 19.1 Å². The van der Waals surface area contributed by atoms with Gasteiger partial charge in [-0.25, -0.2) is 14.3 Å². The Labute approximate surface area is 133 Å². The summed E-state index contributed by atoms with van der Waals surface area (Å²) in [5.74, 6) is 0.179. The zero-order chi connectivity index (χ0) is 16.0. The van der Waals surface area contributed by atoms with Gasteiger partial charge in [-0.15, -0.1) is 0 Å². The highest BCUT2D eigenvalue weighted by molar-refractivity contribution is 5.88. The van der Waals surface area contributed by atoms with Crippen molar-refractivity contribution in [2.45, 2.75) is 45.4 Å². The molecule has 0 aromatic carbocycles. The van der Waals surface area contributed by atoms with Crippen LogP contribution in [0, 0.1) is 11.3 Å². The highest BCUT2D eigenvalue weighted by Gasteiger charge is 2.47. The maximum absolute atomic E-state index is 12.2. The molecule has 0 unspecified atom stereocenters. The second kappa shape index (κ2) is 5.22. The number of nitrogens with zero attached hydrogens (tertiary/aromatic N) is 2. The van der Waals surface area contributed by atoms with Gasteiger partial charge in [-0.3, -0.25) is 9.89 Å². The van der Waals surface area contributed by atoms with E-state index in [-0.39, 0.29) is 11.3 Å². The summed E-state index contributed by atoms with van der Waals surface area (Å²) in [5.41, 5.74) is 2.01. The van der Waals surface area contributed by atoms with Crippen LogP contribution in [0.4, 0.5) is 0 Å². The van der Waals surface area contributed by atoms with Crippen molar-refractivity contribution in [1.29, 1.82) is 0 Å². The second-order valence-electron chi connectivity index (χ2n) is 7.00. The molecule has 1 spiro atoms. The van der Waals surface area contributed by atoms with E-state index >= 15 is 0 Å². The average molecular weight is 315 g/mol. The minimum Gasteiger partial charge on any atom is -0.461 e. The average Bonchev–Trinajstić information content (AvgIpc) is 2.85. The minimum absolute atomic E-state index is 0.182. The molecule has 2 fully saturated rings. The zero-order valence-electron chi connectivity index (χ0n) is 13.3. The van der Waals surface area contributed by atoms with Crippen molar-refractivity contribution in [3.8, 4) is 0 Å². The predicted octanol–water partition coefficient (Wildman–Crippen LogP) is 2.32. The maximum atomic E-state index is 12.2. The molecule has 4 rings (SSSR count). The van der Waals surface area contributed by atoms with E-state index in [1.165, 1.54) is 36.6 Å². The van der Waals surface area contributed by atoms with Gasteiger partial charge >= 0.3 is 5.97 Å². The number of aromatic nitrogens is 3. The van der Waals surface area contributed by atoms with Crippen LogP contribution in [0.1, 0.15) is 55.2 Å². The summed E-state index contributed by atoms with van der Waals surface area (Å²) in [6, 6.07) is 3.15. The molecule has 6 heteroatoms. The van der Waals surface area contributed by atoms with E-state index in [0.29, 0.717) is 23.6 Å². The third-order valence-electron chi connectivity index (χ3n) is 5.35. The number of esters is 1. The molecule has 1 N–H and O–H groups in total. The van der Waals surface area contributed by atoms with Crippen molar-refractivity contribution in [3.63, 3.8) is 0 Å². The van der Waals surface area contributed by atoms with Crippen LogP contribution in [0.2, 0.25) is 0 Å². The molecule has 6 nitrogen and oxygen atoms in total. The van der Waals surface area contributed by atoms with Gasteiger partial charge in [0.05, 0.1) is 6.61 Å². The summed E-state index contributed by atoms with van der Waals surface area (Å²) in [7, 11) is 0. The number of rotatable bonds is 4. The summed E-state index contributed by atoms with van der Waals surface area (Å²) in [6.45, 7) is 2.04. The molecule has 122 valence electrons. The summed E-state index contributed by atoms with van der Waals surface area (Å²) in [5, 5.41) is 2.76. The first-order chi connectivity index (χ1) is 11.1. The Morgan fingerprint density at radius 1 is 1.43 bits per heavy atom. The minimum atomic E-state index is -0.468. The number of aromatic amines is 1. The molecule has 0 amide bonds. The Hall–Kier alpha value is -2.11. The fourth-order valence-corrected chi connectivity index (χ4v) is 4.15. The van der Waals surface area contributed by atoms with Crippen LogP contribution in [0.5, 0.6) is 0 Å². The van der Waals surface area contributed by atoms with Crippen LogP contribution in [-0.4, -0.2) is 27.2 Å². The Morgan fingerprint density at radius 3 is 2.87 bits per heavy atom. The number of carbonyl (C=O) groups is 1. The third-order valence-corrected chi connectivity index (χ3v) is 5.35. The maximum Gasteiger partial charge on any atom is 0.356 e. The number of carbonyl (C=O) groups excluding carboxylic acids is 1. The van der Waals surface area contributed by atoms with Crippen molar-refractivity contribution in [3.05, 3.63) is 33.9 Å². The summed E-state index contributed by atoms with van der Waals surface area (Å²) < 4.78 is 6.24. The SMILES string of the molecule is CCOC(=O)c1cc2nc(CC3CC4(CCC4)C3)cc(=O)n2[nH]1. The highest BCUT2D eigenvalue weighted by Crippen LogP contribution is 2.59. The number of nitrogens with one attached hydrogen (secondary N) is 1. The van der Waals surface area contributed by atoms with E-state index in [4.69, 9.17) is 4.74 Å². The Kier molecular flexibility index (Phi) is 3.28. The topological polar surface area (TPSA) is 76.5 Å². The largest absolute Gasteiger partial charge is 0.461 e. The predicted molar refractivity (Wildman–Crippen MR) is 84.5 cm³/mol. The molecule has 0 atom stereocenters. The third kappa shape index (κ3) is 2.46. The van der Waals surface area contributed by atoms with E-state index in [0.717, 1.165) is 12.1 Å². The Bertz CT molecular complexity index is 808. The lowest BCUT2D eigenvalue weighted by atomic mass is 9.51. The van der Waals surface area contributed by atoms with Gasteiger partial charge in [-0.1, -0.05) is 6.42 Å². The summed E-state index contributed by atoms with van der Waals surface area (Å²) in [6.07, 6.45) is 7.52. The van der Waals surface area contributed by atoms with E-state index < -0.39 is 5.97 Å². The second-order valence-corrected chi connectivity index (χ2v) is 7.00. The van der Waals surface area contributed by atoms with Crippen LogP contribution in [-0.2, 0) is 11.2 Å². The van der Waals surface area contributed by atoms with Gasteiger partial charge in [-0.05, 0) is 50.4 Å². The number of hydrogen-bond donors (Lipinski definition) is 1. The van der Waals surface area contributed by atoms with E-state index in [2.05, 4.69) is 10.1 Å². The molecule has 0 saturated heterocycles. The standard InChI is InChI=1S/C17H21N3O3/c1-2-23-16(22)13-8-14-18-12(7-15(21)20(14)19-13)6-11-9-17(10-11)4-3-5-17/h7-8,11,19H,2-6,9-10H2,1H3. The van der Waals surface area contributed by atoms with Crippen LogP contribution < -0.4 is 5.56 Å². The van der Waals surface area contributed by atoms with Crippen LogP contribution in [0.15, 0.2) is 16.9 Å². The van der Waals surface area contributed by atoms with Crippen molar-refractivity contribution < 1.29 is 9.53 Å². The molecular weight excluding hydrogens is 294 g/mol. The molecule has 0 radical (unpaired) electrons. The van der Waals surface area contributed by atoms with Crippen molar-refractivity contribution in [1.82, 2.24) is 14.6 Å². The lowest BCUT2D eigenvalue weighted by Crippen LogP contribution is -2.43. The molecule has 2 aromatic rings. The van der Waals surface area contributed by atoms with Crippen LogP contribution >= 0.6 is 0 Å². The molecule has 2 saturated carbocycles. The first kappa shape index (κ1) is 14.5. The van der Waals surface area contributed by atoms with Gasteiger partial charge in [0, 0.05) is 17.8 Å². The van der Waals surface area contributed by atoms with Crippen molar-refractivity contribution in [2.24, 2.45) is 11.3 Å². The molecule has 2 heterocycles. The van der Waals surface area contributed by atoms with E-state index in [1.807, 2.05) is 0 Å². The molecule has 2 aliphatic rings. The van der Waals surface area contributed by atoms with Crippen molar-refractivity contribution >= 4 is 11.6 Å². The molecule has 2 aromatic heterocycles. The highest BCUT2D eigenvalue weighted by atomic mass is 16.5. The zero-order valence-corrected chi connectivity index (χ0v) is 13.3. The van der Waals surface area contributed by atoms with Crippen molar-refractivity contribution in [2.75, 3.05) is 6.61 Å². The Balaban J connectivity index is 1.54. The lowest BCUT2D eigenvalue weighted by molar-refractivity contribution is -0.0243. The number of fused-ring (bicyclic) bond motifs is 1. The van der Waals surface area contributed by atoms with Gasteiger partial charge < -0.3 is 4.74 Å². The first-order valence-electron chi connectivity index (χ1n) is 8.37. The lowest BCUT2D eigenvalue weighted by Gasteiger charge is -2.54. The molecule has 23 heavy (non-hydrogen) atoms. The van der Waals surface area contributed by atoms with Gasteiger partial charge in [0.1, 0.15) is 5.69 Å². The van der Waals surface area contributed by atoms with E-state index in [9.17, 15) is 9.59 Å².